The standard InChI is InChI=1S/C13H11N5O2S/c1-18-13(15-16-17-18)21-12-9-7-11-10(19-4-5-20-11)6-8(9)2-3-14-12/h2-3,6-7H,4-5H2,1H3. The van der Waals surface area contributed by atoms with Crippen LogP contribution >= 0.6 is 11.8 Å². The zero-order valence-corrected chi connectivity index (χ0v) is 12.0. The van der Waals surface area contributed by atoms with Gasteiger partial charge in [0.05, 0.1) is 0 Å². The number of aryl methyl sites for hydroxylation is 1. The largest absolute Gasteiger partial charge is 0.486 e. The van der Waals surface area contributed by atoms with Gasteiger partial charge < -0.3 is 9.47 Å². The summed E-state index contributed by atoms with van der Waals surface area (Å²) in [5, 5.41) is 15.0. The average Bonchev–Trinajstić information content (AvgIpc) is 2.91. The Bertz CT molecular complexity index is 819. The Labute approximate surface area is 124 Å². The molecular formula is C13H11N5O2S. The summed E-state index contributed by atoms with van der Waals surface area (Å²) >= 11 is 1.42. The van der Waals surface area contributed by atoms with Gasteiger partial charge in [0.25, 0.3) is 0 Å². The van der Waals surface area contributed by atoms with E-state index >= 15 is 0 Å². The van der Waals surface area contributed by atoms with Crippen molar-refractivity contribution in [2.75, 3.05) is 13.2 Å². The second kappa shape index (κ2) is 4.88. The topological polar surface area (TPSA) is 75.0 Å². The molecular weight excluding hydrogens is 290 g/mol. The van der Waals surface area contributed by atoms with Crippen molar-refractivity contribution in [1.29, 1.82) is 0 Å². The molecule has 21 heavy (non-hydrogen) atoms. The van der Waals surface area contributed by atoms with E-state index < -0.39 is 0 Å². The average molecular weight is 301 g/mol. The molecule has 0 atom stereocenters. The summed E-state index contributed by atoms with van der Waals surface area (Å²) in [5.74, 6) is 1.52. The predicted molar refractivity (Wildman–Crippen MR) is 75.7 cm³/mol. The molecule has 2 aromatic heterocycles. The lowest BCUT2D eigenvalue weighted by atomic mass is 10.1. The van der Waals surface area contributed by atoms with Gasteiger partial charge in [-0.05, 0) is 45.8 Å². The van der Waals surface area contributed by atoms with Crippen LogP contribution in [0.2, 0.25) is 0 Å². The number of pyridine rings is 1. The van der Waals surface area contributed by atoms with Gasteiger partial charge in [0.2, 0.25) is 5.16 Å². The first-order valence-corrected chi connectivity index (χ1v) is 7.21. The van der Waals surface area contributed by atoms with E-state index in [1.165, 1.54) is 11.8 Å². The number of hydrogen-bond donors (Lipinski definition) is 0. The number of rotatable bonds is 2. The van der Waals surface area contributed by atoms with Crippen molar-refractivity contribution >= 4 is 22.5 Å². The van der Waals surface area contributed by atoms with Crippen LogP contribution in [0.1, 0.15) is 0 Å². The van der Waals surface area contributed by atoms with Crippen LogP contribution in [0.25, 0.3) is 10.8 Å². The van der Waals surface area contributed by atoms with Crippen LogP contribution in [0.5, 0.6) is 11.5 Å². The van der Waals surface area contributed by atoms with Crippen LogP contribution in [-0.2, 0) is 7.05 Å². The van der Waals surface area contributed by atoms with Gasteiger partial charge in [0.15, 0.2) is 11.5 Å². The molecule has 0 unspecified atom stereocenters. The van der Waals surface area contributed by atoms with Crippen molar-refractivity contribution in [3.63, 3.8) is 0 Å². The molecule has 0 fully saturated rings. The molecule has 0 radical (unpaired) electrons. The Morgan fingerprint density at radius 3 is 2.76 bits per heavy atom. The molecule has 0 amide bonds. The van der Waals surface area contributed by atoms with Gasteiger partial charge in [-0.1, -0.05) is 0 Å². The summed E-state index contributed by atoms with van der Waals surface area (Å²) in [4.78, 5) is 4.43. The van der Waals surface area contributed by atoms with Crippen LogP contribution in [0.3, 0.4) is 0 Å². The minimum absolute atomic E-state index is 0.564. The monoisotopic (exact) mass is 301 g/mol. The fourth-order valence-corrected chi connectivity index (χ4v) is 2.98. The molecule has 4 rings (SSSR count). The number of nitrogens with zero attached hydrogens (tertiary/aromatic N) is 5. The second-order valence-electron chi connectivity index (χ2n) is 4.52. The van der Waals surface area contributed by atoms with Gasteiger partial charge in [-0.2, -0.15) is 0 Å². The molecule has 1 aromatic carbocycles. The smallest absolute Gasteiger partial charge is 0.215 e. The van der Waals surface area contributed by atoms with Crippen LogP contribution in [0, 0.1) is 0 Å². The van der Waals surface area contributed by atoms with Gasteiger partial charge in [-0.3, -0.25) is 0 Å². The zero-order valence-electron chi connectivity index (χ0n) is 11.2. The Morgan fingerprint density at radius 1 is 1.19 bits per heavy atom. The lowest BCUT2D eigenvalue weighted by Gasteiger charge is -2.19. The van der Waals surface area contributed by atoms with Crippen molar-refractivity contribution in [2.24, 2.45) is 7.05 Å². The number of fused-ring (bicyclic) bond motifs is 2. The van der Waals surface area contributed by atoms with Crippen LogP contribution in [0.4, 0.5) is 0 Å². The third-order valence-corrected chi connectivity index (χ3v) is 4.21. The quantitative estimate of drug-likeness (QED) is 0.712. The fraction of sp³-hybridized carbons (Fsp3) is 0.231. The first-order chi connectivity index (χ1) is 10.3. The zero-order chi connectivity index (χ0) is 14.2. The van der Waals surface area contributed by atoms with Gasteiger partial charge in [0.1, 0.15) is 18.2 Å². The predicted octanol–water partition coefficient (Wildman–Crippen LogP) is 1.68. The van der Waals surface area contributed by atoms with Crippen molar-refractivity contribution in [3.05, 3.63) is 24.4 Å². The lowest BCUT2D eigenvalue weighted by Crippen LogP contribution is -2.15. The number of tetrazole rings is 1. The highest BCUT2D eigenvalue weighted by Crippen LogP contribution is 2.38. The molecule has 8 heteroatoms. The van der Waals surface area contributed by atoms with E-state index in [1.54, 1.807) is 17.9 Å². The van der Waals surface area contributed by atoms with Crippen molar-refractivity contribution in [3.8, 4) is 11.5 Å². The molecule has 0 aliphatic carbocycles. The molecule has 3 heterocycles. The Hall–Kier alpha value is -2.35. The molecule has 3 aromatic rings. The van der Waals surface area contributed by atoms with E-state index in [0.29, 0.717) is 18.4 Å². The molecule has 0 saturated carbocycles. The molecule has 0 N–H and O–H groups in total. The number of ether oxygens (including phenoxy) is 2. The van der Waals surface area contributed by atoms with E-state index in [-0.39, 0.29) is 0 Å². The van der Waals surface area contributed by atoms with E-state index in [4.69, 9.17) is 9.47 Å². The maximum atomic E-state index is 5.64. The summed E-state index contributed by atoms with van der Waals surface area (Å²) in [5.41, 5.74) is 0. The molecule has 0 bridgehead atoms. The maximum absolute atomic E-state index is 5.64. The van der Waals surface area contributed by atoms with Gasteiger partial charge in [-0.25, -0.2) is 9.67 Å². The van der Waals surface area contributed by atoms with Crippen LogP contribution in [0.15, 0.2) is 34.6 Å². The first kappa shape index (κ1) is 12.4. The van der Waals surface area contributed by atoms with Crippen LogP contribution in [-0.4, -0.2) is 38.4 Å². The van der Waals surface area contributed by atoms with E-state index in [1.807, 2.05) is 18.2 Å². The maximum Gasteiger partial charge on any atom is 0.215 e. The highest BCUT2D eigenvalue weighted by molar-refractivity contribution is 7.99. The van der Waals surface area contributed by atoms with E-state index in [0.717, 1.165) is 27.3 Å². The number of hydrogen-bond acceptors (Lipinski definition) is 7. The highest BCUT2D eigenvalue weighted by Gasteiger charge is 2.16. The number of benzene rings is 1. The summed E-state index contributed by atoms with van der Waals surface area (Å²) in [7, 11) is 1.80. The second-order valence-corrected chi connectivity index (χ2v) is 5.48. The first-order valence-electron chi connectivity index (χ1n) is 6.40. The minimum atomic E-state index is 0.564. The molecule has 7 nitrogen and oxygen atoms in total. The third-order valence-electron chi connectivity index (χ3n) is 3.16. The summed E-state index contributed by atoms with van der Waals surface area (Å²) in [6.45, 7) is 1.14. The Balaban J connectivity index is 1.83. The molecule has 106 valence electrons. The SMILES string of the molecule is Cn1nnnc1Sc1nccc2cc3c(cc12)OCCO3. The molecule has 1 aliphatic rings. The van der Waals surface area contributed by atoms with E-state index in [2.05, 4.69) is 20.5 Å². The summed E-state index contributed by atoms with van der Waals surface area (Å²) in [6, 6.07) is 5.89. The molecule has 1 aliphatic heterocycles. The fourth-order valence-electron chi connectivity index (χ4n) is 2.16. The molecule has 0 spiro atoms. The minimum Gasteiger partial charge on any atom is -0.486 e. The van der Waals surface area contributed by atoms with Gasteiger partial charge >= 0.3 is 0 Å². The Kier molecular flexibility index (Phi) is 2.88. The summed E-state index contributed by atoms with van der Waals surface area (Å²) in [6.07, 6.45) is 1.77. The van der Waals surface area contributed by atoms with Crippen molar-refractivity contribution in [2.45, 2.75) is 10.2 Å². The van der Waals surface area contributed by atoms with Gasteiger partial charge in [0, 0.05) is 18.6 Å². The Morgan fingerprint density at radius 2 is 2.00 bits per heavy atom. The highest BCUT2D eigenvalue weighted by atomic mass is 32.2. The van der Waals surface area contributed by atoms with Gasteiger partial charge in [-0.15, -0.1) is 5.10 Å². The summed E-state index contributed by atoms with van der Waals surface area (Å²) < 4.78 is 12.9. The normalized spacial score (nSPS) is 13.6. The molecule has 0 saturated heterocycles. The van der Waals surface area contributed by atoms with Crippen molar-refractivity contribution in [1.82, 2.24) is 25.2 Å². The van der Waals surface area contributed by atoms with E-state index in [9.17, 15) is 0 Å². The van der Waals surface area contributed by atoms with Crippen LogP contribution < -0.4 is 9.47 Å². The third kappa shape index (κ3) is 2.17. The number of aromatic nitrogens is 5. The lowest BCUT2D eigenvalue weighted by molar-refractivity contribution is 0.172. The van der Waals surface area contributed by atoms with Crippen molar-refractivity contribution < 1.29 is 9.47 Å².